The molecule has 27 aromatic rings. The highest BCUT2D eigenvalue weighted by Gasteiger charge is 2.25. The van der Waals surface area contributed by atoms with E-state index in [2.05, 4.69) is 18.2 Å². The fraction of sp³-hybridized carbons (Fsp3) is 0. The molecule has 0 amide bonds. The van der Waals surface area contributed by atoms with Crippen LogP contribution < -0.4 is 0 Å². The molecule has 0 spiro atoms. The molecule has 3 heterocycles. The summed E-state index contributed by atoms with van der Waals surface area (Å²) in [6, 6.07) is 83.9. The largest absolute Gasteiger partial charge is 0.456 e. The van der Waals surface area contributed by atoms with Crippen molar-refractivity contribution in [3.8, 4) is 66.8 Å². The van der Waals surface area contributed by atoms with E-state index in [1.807, 2.05) is 237 Å². The third kappa shape index (κ3) is 11.1. The number of hydrogen-bond donors (Lipinski definition) is 0. The first-order chi connectivity index (χ1) is 71.0. The van der Waals surface area contributed by atoms with Gasteiger partial charge in [0.15, 0.2) is 0 Å². The highest BCUT2D eigenvalue weighted by Crippen LogP contribution is 2.52. The highest BCUT2D eigenvalue weighted by atomic mass is 16.3. The summed E-state index contributed by atoms with van der Waals surface area (Å²) in [5.41, 5.74) is 8.91. The van der Waals surface area contributed by atoms with Crippen LogP contribution in [0, 0.1) is 0 Å². The molecule has 0 bridgehead atoms. The molecule has 27 rings (SSSR count). The van der Waals surface area contributed by atoms with E-state index >= 15 is 0 Å². The highest BCUT2D eigenvalue weighted by molar-refractivity contribution is 6.32. The summed E-state index contributed by atoms with van der Waals surface area (Å²) < 4.78 is 234. The van der Waals surface area contributed by atoms with Gasteiger partial charge in [-0.05, 0) is 240 Å². The molecule has 570 valence electrons. The van der Waals surface area contributed by atoms with Gasteiger partial charge < -0.3 is 13.3 Å². The molecule has 0 aliphatic heterocycles. The molecule has 0 aliphatic rings. The smallest absolute Gasteiger partial charge is 0.143 e. The molecule has 3 heteroatoms. The van der Waals surface area contributed by atoms with Crippen molar-refractivity contribution in [1.29, 1.82) is 0 Å². The predicted molar refractivity (Wildman–Crippen MR) is 524 cm³/mol. The Balaban J connectivity index is 0.000000115. The van der Waals surface area contributed by atoms with Crippen LogP contribution in [0.1, 0.15) is 32.9 Å². The second-order valence-electron chi connectivity index (χ2n) is 30.8. The molecule has 123 heavy (non-hydrogen) atoms. The van der Waals surface area contributed by atoms with E-state index in [1.165, 1.54) is 0 Å². The van der Waals surface area contributed by atoms with E-state index in [-0.39, 0.29) is 143 Å². The normalized spacial score (nSPS) is 14.6. The van der Waals surface area contributed by atoms with Crippen LogP contribution in [0.5, 0.6) is 0 Å². The molecule has 0 saturated heterocycles. The second-order valence-corrected chi connectivity index (χ2v) is 30.8. The van der Waals surface area contributed by atoms with E-state index in [0.29, 0.717) is 83.5 Å². The maximum absolute atomic E-state index is 9.33. The van der Waals surface area contributed by atoms with Gasteiger partial charge in [0.1, 0.15) is 33.5 Å². The first-order valence-corrected chi connectivity index (χ1v) is 40.4. The van der Waals surface area contributed by atoms with Crippen molar-refractivity contribution in [2.24, 2.45) is 0 Å². The van der Waals surface area contributed by atoms with Gasteiger partial charge in [0.2, 0.25) is 0 Å². The maximum Gasteiger partial charge on any atom is 0.143 e. The number of benzene rings is 24. The quantitative estimate of drug-likeness (QED) is 0.123. The average Bonchev–Trinajstić information content (AvgIpc) is 1.44. The Morgan fingerprint density at radius 1 is 0.154 bits per heavy atom. The first kappa shape index (κ1) is 49.9. The van der Waals surface area contributed by atoms with E-state index in [4.69, 9.17) is 35.2 Å². The van der Waals surface area contributed by atoms with Crippen molar-refractivity contribution in [3.05, 3.63) is 436 Å². The molecular weight excluding hydrogens is 1490 g/mol. The second kappa shape index (κ2) is 28.3. The van der Waals surface area contributed by atoms with Crippen molar-refractivity contribution >= 4 is 195 Å². The molecule has 0 unspecified atom stereocenters. The van der Waals surface area contributed by atoms with Crippen LogP contribution in [0.25, 0.3) is 262 Å². The minimum absolute atomic E-state index is 0.169. The SMILES string of the molecule is [2H]c1c([2H])c([2H])c2c(-c3ccc4c(c3)oc3c5ccccc5c5ccccc5c43)c3c([2H])c([2H])c([2H])c([2H])c3c(-c3ccc4ccccc4c3)c2c1[2H].[2H]c1c([2H])c([2H])c2c(-c3ccc4c(c3)oc3ccc5ccccc5c34)c3c([2H])c([2H])c([2H])c([2H])c3c(-c3ccccc3)c2c1[2H].[2H]c1c([2H])c([2H])c2c(-c3cccc4ccccc34)c3c([2H])c([2H])c([2H])c([2H])c3c(-c3ccc4c(c3)oc3c5ccccc5ccc43)c2c1[2H]. The Morgan fingerprint density at radius 3 is 1.02 bits per heavy atom. The van der Waals surface area contributed by atoms with Crippen LogP contribution in [0.15, 0.2) is 449 Å². The van der Waals surface area contributed by atoms with E-state index in [0.717, 1.165) is 108 Å². The summed E-state index contributed by atoms with van der Waals surface area (Å²) in [6.45, 7) is 0. The zero-order valence-corrected chi connectivity index (χ0v) is 64.9. The van der Waals surface area contributed by atoms with Crippen molar-refractivity contribution in [2.45, 2.75) is 0 Å². The van der Waals surface area contributed by atoms with E-state index < -0.39 is 72.5 Å². The van der Waals surface area contributed by atoms with Gasteiger partial charge >= 0.3 is 0 Å². The summed E-state index contributed by atoms with van der Waals surface area (Å²) in [6.07, 6.45) is 0. The zero-order chi connectivity index (χ0) is 102. The molecule has 0 atom stereocenters. The van der Waals surface area contributed by atoms with Gasteiger partial charge in [0.05, 0.1) is 32.9 Å². The van der Waals surface area contributed by atoms with Gasteiger partial charge in [-0.25, -0.2) is 0 Å². The van der Waals surface area contributed by atoms with Gasteiger partial charge in [-0.2, -0.15) is 0 Å². The minimum Gasteiger partial charge on any atom is -0.456 e. The standard InChI is InChI=1S/C44H26O.C40H24O.C36H22O/c1-2-12-28-25-29(22-21-27(28)11-1)41-34-16-6-8-18-36(34)42(37-19-9-7-17-35(37)41)30-23-24-39-40(26-30)45-44-38-20-10-4-14-32(38)31-13-3-5-15-33(31)43(39)44;1-3-13-28-25(10-1)12-9-19-31(28)39-34-17-7-5-15-32(34)38(33-16-6-8-18-35(33)39)27-21-22-30-36-23-20-26-11-2-4-14-29(26)40(36)41-37(30)24-27;1-2-11-24(12-3-1)34-27-14-6-8-16-29(27)35(30-17-9-7-15-28(30)34)25-18-20-31-33(22-25)37-32-21-19-23-10-4-5-13-26(23)36(31)32/h1-26H;1-24H;1-22H/i6D,7D,8D,9D,16D,17D,18D,19D;5D,6D,7D,8D,15D,16D,17D,18D;6D,7D,8D,9D,14D,15D,16D,17D. The lowest BCUT2D eigenvalue weighted by atomic mass is 9.84. The molecule has 0 radical (unpaired) electrons. The van der Waals surface area contributed by atoms with Crippen LogP contribution in [0.3, 0.4) is 0 Å². The van der Waals surface area contributed by atoms with E-state index in [9.17, 15) is 11.0 Å². The Bertz CT molecular complexity index is 10400. The monoisotopic (exact) mass is 1580 g/mol. The number of fused-ring (bicyclic) bond motifs is 26. The Hall–Kier alpha value is -16.2. The van der Waals surface area contributed by atoms with Crippen LogP contribution in [0.2, 0.25) is 0 Å². The van der Waals surface area contributed by atoms with Crippen LogP contribution in [-0.2, 0) is 0 Å². The third-order valence-electron chi connectivity index (χ3n) is 24.2. The summed E-state index contributed by atoms with van der Waals surface area (Å²) in [5.74, 6) is 0. The summed E-state index contributed by atoms with van der Waals surface area (Å²) in [4.78, 5) is 0. The zero-order valence-electron chi connectivity index (χ0n) is 88.9. The average molecular weight is 1590 g/mol. The van der Waals surface area contributed by atoms with Gasteiger partial charge in [0.25, 0.3) is 0 Å². The fourth-order valence-electron chi connectivity index (χ4n) is 18.9. The maximum atomic E-state index is 9.33. The summed E-state index contributed by atoms with van der Waals surface area (Å²) in [7, 11) is 0. The molecule has 0 saturated carbocycles. The molecule has 3 aromatic heterocycles. The Kier molecular flexibility index (Phi) is 11.5. The van der Waals surface area contributed by atoms with Crippen molar-refractivity contribution in [2.75, 3.05) is 0 Å². The molecular formula is C120H72O3. The fourth-order valence-corrected chi connectivity index (χ4v) is 18.9. The minimum atomic E-state index is -0.434. The number of hydrogen-bond acceptors (Lipinski definition) is 3. The van der Waals surface area contributed by atoms with Crippen molar-refractivity contribution in [3.63, 3.8) is 0 Å². The van der Waals surface area contributed by atoms with Crippen molar-refractivity contribution in [1.82, 2.24) is 0 Å². The summed E-state index contributed by atoms with van der Waals surface area (Å²) >= 11 is 0. The first-order valence-electron chi connectivity index (χ1n) is 52.4. The lowest BCUT2D eigenvalue weighted by Gasteiger charge is -2.18. The topological polar surface area (TPSA) is 39.4 Å². The van der Waals surface area contributed by atoms with Crippen LogP contribution in [0.4, 0.5) is 0 Å². The number of furan rings is 3. The lowest BCUT2D eigenvalue weighted by Crippen LogP contribution is -1.91. The lowest BCUT2D eigenvalue weighted by molar-refractivity contribution is 0.669. The summed E-state index contributed by atoms with van der Waals surface area (Å²) in [5, 5.41) is 19.3. The molecule has 0 aliphatic carbocycles. The third-order valence-corrected chi connectivity index (χ3v) is 24.2. The Labute approximate surface area is 740 Å². The number of rotatable bonds is 6. The Morgan fingerprint density at radius 2 is 0.480 bits per heavy atom. The van der Waals surface area contributed by atoms with Gasteiger partial charge in [-0.1, -0.05) is 382 Å². The van der Waals surface area contributed by atoms with Crippen LogP contribution in [-0.4, -0.2) is 0 Å². The van der Waals surface area contributed by atoms with Gasteiger partial charge in [0, 0.05) is 43.1 Å². The van der Waals surface area contributed by atoms with Gasteiger partial charge in [-0.3, -0.25) is 0 Å². The molecule has 24 aromatic carbocycles. The van der Waals surface area contributed by atoms with E-state index in [1.54, 1.807) is 36.4 Å². The van der Waals surface area contributed by atoms with Gasteiger partial charge in [-0.15, -0.1) is 0 Å². The molecule has 3 nitrogen and oxygen atoms in total. The molecule has 0 N–H and O–H groups in total. The van der Waals surface area contributed by atoms with Crippen molar-refractivity contribution < 1.29 is 46.1 Å². The molecule has 0 fully saturated rings. The van der Waals surface area contributed by atoms with Crippen LogP contribution >= 0.6 is 0 Å². The predicted octanol–water partition coefficient (Wildman–Crippen LogP) is 34.6.